The first-order valence-electron chi connectivity index (χ1n) is 11.5. The molecule has 0 aromatic heterocycles. The van der Waals surface area contributed by atoms with E-state index < -0.39 is 10.0 Å². The van der Waals surface area contributed by atoms with Crippen LogP contribution in [0.2, 0.25) is 0 Å². The second-order valence-electron chi connectivity index (χ2n) is 8.50. The number of benzene rings is 5. The van der Waals surface area contributed by atoms with Gasteiger partial charge in [0.2, 0.25) is 0 Å². The van der Waals surface area contributed by atoms with E-state index in [1.54, 1.807) is 53.4 Å². The molecule has 36 heavy (non-hydrogen) atoms. The quantitative estimate of drug-likeness (QED) is 0.280. The van der Waals surface area contributed by atoms with Gasteiger partial charge in [-0.05, 0) is 78.4 Å². The number of aryl methyl sites for hydroxylation is 1. The first-order valence-corrected chi connectivity index (χ1v) is 13.0. The zero-order chi connectivity index (χ0) is 25.1. The number of carbonyl (C=O) groups is 1. The number of carbonyl (C=O) groups excluding carboxylic acids is 1. The zero-order valence-corrected chi connectivity index (χ0v) is 20.4. The van der Waals surface area contributed by atoms with E-state index in [-0.39, 0.29) is 10.8 Å². The Morgan fingerprint density at radius 3 is 2.00 bits per heavy atom. The highest BCUT2D eigenvalue weighted by Crippen LogP contribution is 2.30. The second-order valence-corrected chi connectivity index (χ2v) is 10.2. The third-order valence-electron chi connectivity index (χ3n) is 5.92. The number of sulfonamides is 1. The lowest BCUT2D eigenvalue weighted by Gasteiger charge is -2.24. The molecular weight excluding hydrogens is 468 g/mol. The minimum atomic E-state index is -3.73. The fourth-order valence-corrected chi connectivity index (χ4v) is 5.08. The summed E-state index contributed by atoms with van der Waals surface area (Å²) in [6, 6.07) is 36.5. The van der Waals surface area contributed by atoms with E-state index in [1.165, 1.54) is 0 Å². The van der Waals surface area contributed by atoms with E-state index >= 15 is 0 Å². The average molecular weight is 493 g/mol. The SMILES string of the molecule is Cc1ccc(S(=O)(=O)Nc2ccc(C(=O)N(c3ccccc3)c3ccc4ccccc4c3)cc2)cc1. The van der Waals surface area contributed by atoms with Crippen LogP contribution in [0, 0.1) is 6.92 Å². The summed E-state index contributed by atoms with van der Waals surface area (Å²) in [5, 5.41) is 2.12. The summed E-state index contributed by atoms with van der Waals surface area (Å²) >= 11 is 0. The van der Waals surface area contributed by atoms with Crippen LogP contribution in [0.5, 0.6) is 0 Å². The van der Waals surface area contributed by atoms with Crippen LogP contribution in [0.15, 0.2) is 126 Å². The molecule has 5 nitrogen and oxygen atoms in total. The number of rotatable bonds is 6. The summed E-state index contributed by atoms with van der Waals surface area (Å²) in [7, 11) is -3.73. The van der Waals surface area contributed by atoms with Gasteiger partial charge in [-0.25, -0.2) is 8.42 Å². The van der Waals surface area contributed by atoms with Crippen LogP contribution in [0.4, 0.5) is 17.1 Å². The van der Waals surface area contributed by atoms with Crippen LogP contribution in [-0.2, 0) is 10.0 Å². The molecule has 0 aliphatic rings. The molecule has 0 aliphatic carbocycles. The van der Waals surface area contributed by atoms with Crippen molar-refractivity contribution in [2.75, 3.05) is 9.62 Å². The minimum Gasteiger partial charge on any atom is -0.280 e. The molecule has 0 atom stereocenters. The van der Waals surface area contributed by atoms with Gasteiger partial charge in [0.25, 0.3) is 15.9 Å². The van der Waals surface area contributed by atoms with Crippen LogP contribution in [-0.4, -0.2) is 14.3 Å². The van der Waals surface area contributed by atoms with Gasteiger partial charge in [-0.15, -0.1) is 0 Å². The van der Waals surface area contributed by atoms with Crippen molar-refractivity contribution in [3.63, 3.8) is 0 Å². The van der Waals surface area contributed by atoms with Crippen molar-refractivity contribution in [1.82, 2.24) is 0 Å². The number of anilines is 3. The normalized spacial score (nSPS) is 11.2. The number of fused-ring (bicyclic) bond motifs is 1. The Morgan fingerprint density at radius 2 is 1.31 bits per heavy atom. The third kappa shape index (κ3) is 4.85. The van der Waals surface area contributed by atoms with Crippen molar-refractivity contribution in [3.8, 4) is 0 Å². The van der Waals surface area contributed by atoms with Gasteiger partial charge in [0.15, 0.2) is 0 Å². The standard InChI is InChI=1S/C30H24N2O3S/c1-22-11-19-29(20-12-22)36(34,35)31-26-16-13-24(14-17-26)30(33)32(27-9-3-2-4-10-27)28-18-15-23-7-5-6-8-25(23)21-28/h2-21,31H,1H3. The molecule has 0 unspecified atom stereocenters. The Morgan fingerprint density at radius 1 is 0.667 bits per heavy atom. The summed E-state index contributed by atoms with van der Waals surface area (Å²) in [6.45, 7) is 1.90. The maximum atomic E-state index is 13.7. The summed E-state index contributed by atoms with van der Waals surface area (Å²) in [6.07, 6.45) is 0. The predicted octanol–water partition coefficient (Wildman–Crippen LogP) is 6.93. The molecule has 6 heteroatoms. The fraction of sp³-hybridized carbons (Fsp3) is 0.0333. The summed E-state index contributed by atoms with van der Waals surface area (Å²) < 4.78 is 28.0. The average Bonchev–Trinajstić information content (AvgIpc) is 2.90. The van der Waals surface area contributed by atoms with Crippen LogP contribution >= 0.6 is 0 Å². The highest BCUT2D eigenvalue weighted by atomic mass is 32.2. The molecule has 0 fully saturated rings. The number of para-hydroxylation sites is 1. The number of hydrogen-bond acceptors (Lipinski definition) is 3. The molecule has 1 N–H and O–H groups in total. The van der Waals surface area contributed by atoms with Crippen molar-refractivity contribution in [2.24, 2.45) is 0 Å². The lowest BCUT2D eigenvalue weighted by atomic mass is 10.1. The summed E-state index contributed by atoms with van der Waals surface area (Å²) in [5.41, 5.74) is 3.27. The summed E-state index contributed by atoms with van der Waals surface area (Å²) in [4.78, 5) is 15.6. The van der Waals surface area contributed by atoms with E-state index in [4.69, 9.17) is 0 Å². The molecule has 0 saturated carbocycles. The molecule has 5 rings (SSSR count). The number of hydrogen-bond donors (Lipinski definition) is 1. The van der Waals surface area contributed by atoms with Gasteiger partial charge < -0.3 is 0 Å². The molecule has 0 aliphatic heterocycles. The lowest BCUT2D eigenvalue weighted by molar-refractivity contribution is 0.0999. The van der Waals surface area contributed by atoms with Crippen molar-refractivity contribution in [2.45, 2.75) is 11.8 Å². The van der Waals surface area contributed by atoms with Gasteiger partial charge in [0.05, 0.1) is 4.90 Å². The number of amides is 1. The van der Waals surface area contributed by atoms with Gasteiger partial charge in [0, 0.05) is 22.6 Å². The van der Waals surface area contributed by atoms with Crippen LogP contribution in [0.1, 0.15) is 15.9 Å². The van der Waals surface area contributed by atoms with Gasteiger partial charge >= 0.3 is 0 Å². The third-order valence-corrected chi connectivity index (χ3v) is 7.32. The lowest BCUT2D eigenvalue weighted by Crippen LogP contribution is -2.26. The molecular formula is C30H24N2O3S. The van der Waals surface area contributed by atoms with E-state index in [9.17, 15) is 13.2 Å². The zero-order valence-electron chi connectivity index (χ0n) is 19.6. The second kappa shape index (κ2) is 9.68. The van der Waals surface area contributed by atoms with E-state index in [2.05, 4.69) is 4.72 Å². The molecule has 0 saturated heterocycles. The van der Waals surface area contributed by atoms with Crippen LogP contribution < -0.4 is 9.62 Å². The molecule has 5 aromatic carbocycles. The summed E-state index contributed by atoms with van der Waals surface area (Å²) in [5.74, 6) is -0.218. The van der Waals surface area contributed by atoms with Gasteiger partial charge in [-0.1, -0.05) is 66.2 Å². The highest BCUT2D eigenvalue weighted by molar-refractivity contribution is 7.92. The fourth-order valence-electron chi connectivity index (χ4n) is 4.02. The van der Waals surface area contributed by atoms with Crippen LogP contribution in [0.25, 0.3) is 10.8 Å². The number of nitrogens with zero attached hydrogens (tertiary/aromatic N) is 1. The Balaban J connectivity index is 1.45. The van der Waals surface area contributed by atoms with Crippen molar-refractivity contribution in [3.05, 3.63) is 132 Å². The van der Waals surface area contributed by atoms with Crippen molar-refractivity contribution in [1.29, 1.82) is 0 Å². The van der Waals surface area contributed by atoms with Crippen LogP contribution in [0.3, 0.4) is 0 Å². The Bertz CT molecular complexity index is 1630. The highest BCUT2D eigenvalue weighted by Gasteiger charge is 2.21. The van der Waals surface area contributed by atoms with Gasteiger partial charge in [-0.3, -0.25) is 14.4 Å². The van der Waals surface area contributed by atoms with E-state index in [0.717, 1.165) is 27.7 Å². The molecule has 1 amide bonds. The number of nitrogens with one attached hydrogen (secondary N) is 1. The largest absolute Gasteiger partial charge is 0.280 e. The first-order chi connectivity index (χ1) is 17.4. The maximum absolute atomic E-state index is 13.7. The predicted molar refractivity (Wildman–Crippen MR) is 145 cm³/mol. The van der Waals surface area contributed by atoms with Gasteiger partial charge in [-0.2, -0.15) is 0 Å². The molecule has 178 valence electrons. The Labute approximate surface area is 210 Å². The Hall–Kier alpha value is -4.42. The van der Waals surface area contributed by atoms with Gasteiger partial charge in [0.1, 0.15) is 0 Å². The van der Waals surface area contributed by atoms with Crippen molar-refractivity contribution >= 4 is 43.8 Å². The van der Waals surface area contributed by atoms with E-state index in [1.807, 2.05) is 79.7 Å². The molecule has 0 bridgehead atoms. The Kier molecular flexibility index (Phi) is 6.27. The molecule has 0 radical (unpaired) electrons. The molecule has 5 aromatic rings. The smallest absolute Gasteiger partial charge is 0.262 e. The monoisotopic (exact) mass is 492 g/mol. The maximum Gasteiger partial charge on any atom is 0.262 e. The first kappa shape index (κ1) is 23.3. The minimum absolute atomic E-state index is 0.180. The van der Waals surface area contributed by atoms with Crippen molar-refractivity contribution < 1.29 is 13.2 Å². The molecule has 0 spiro atoms. The van der Waals surface area contributed by atoms with E-state index in [0.29, 0.717) is 11.3 Å². The topological polar surface area (TPSA) is 66.5 Å². The molecule has 0 heterocycles.